The molecule has 0 unspecified atom stereocenters. The van der Waals surface area contributed by atoms with Gasteiger partial charge in [0.2, 0.25) is 0 Å². The fourth-order valence-electron chi connectivity index (χ4n) is 1.43. The molecule has 5 heteroatoms. The van der Waals surface area contributed by atoms with Gasteiger partial charge in [0.25, 0.3) is 5.69 Å². The van der Waals surface area contributed by atoms with E-state index in [0.29, 0.717) is 5.56 Å². The van der Waals surface area contributed by atoms with Crippen molar-refractivity contribution in [2.24, 2.45) is 0 Å². The summed E-state index contributed by atoms with van der Waals surface area (Å²) < 4.78 is 4.64. The summed E-state index contributed by atoms with van der Waals surface area (Å²) in [4.78, 5) is 21.6. The van der Waals surface area contributed by atoms with Gasteiger partial charge in [-0.25, -0.2) is 4.79 Å². The van der Waals surface area contributed by atoms with Gasteiger partial charge in [0.1, 0.15) is 11.8 Å². The molecule has 5 nitrogen and oxygen atoms in total. The lowest BCUT2D eigenvalue weighted by Crippen LogP contribution is -2.05. The number of hydrogen-bond acceptors (Lipinski definition) is 4. The van der Waals surface area contributed by atoms with Crippen molar-refractivity contribution in [3.63, 3.8) is 0 Å². The Kier molecular flexibility index (Phi) is 2.51. The van der Waals surface area contributed by atoms with E-state index in [1.165, 1.54) is 6.07 Å². The fraction of sp³-hybridized carbons (Fsp3) is 0. The maximum absolute atomic E-state index is 11.5. The van der Waals surface area contributed by atoms with Crippen molar-refractivity contribution >= 4 is 5.69 Å². The first-order chi connectivity index (χ1) is 7.70. The highest BCUT2D eigenvalue weighted by Gasteiger charge is 2.19. The van der Waals surface area contributed by atoms with Crippen LogP contribution in [0.5, 0.6) is 0 Å². The van der Waals surface area contributed by atoms with Crippen molar-refractivity contribution in [1.82, 2.24) is 0 Å². The second kappa shape index (κ2) is 3.98. The van der Waals surface area contributed by atoms with Gasteiger partial charge in [-0.15, -0.1) is 0 Å². The van der Waals surface area contributed by atoms with E-state index in [1.54, 1.807) is 30.3 Å². The third-order valence-electron chi connectivity index (χ3n) is 2.12. The summed E-state index contributed by atoms with van der Waals surface area (Å²) in [6.45, 7) is 0. The largest absolute Gasteiger partial charge is 0.430 e. The highest BCUT2D eigenvalue weighted by molar-refractivity contribution is 5.71. The van der Waals surface area contributed by atoms with Gasteiger partial charge in [0, 0.05) is 0 Å². The minimum absolute atomic E-state index is 0.0203. The Bertz CT molecular complexity index is 574. The van der Waals surface area contributed by atoms with Gasteiger partial charge < -0.3 is 4.42 Å². The quantitative estimate of drug-likeness (QED) is 0.571. The van der Waals surface area contributed by atoms with Crippen LogP contribution in [0.25, 0.3) is 11.1 Å². The van der Waals surface area contributed by atoms with Gasteiger partial charge in [-0.05, 0) is 5.56 Å². The van der Waals surface area contributed by atoms with Gasteiger partial charge in [-0.3, -0.25) is 10.1 Å². The van der Waals surface area contributed by atoms with E-state index < -0.39 is 10.5 Å². The molecule has 0 aliphatic rings. The number of hydrogen-bond donors (Lipinski definition) is 0. The summed E-state index contributed by atoms with van der Waals surface area (Å²) in [7, 11) is 0. The van der Waals surface area contributed by atoms with E-state index >= 15 is 0 Å². The minimum atomic E-state index is -0.708. The zero-order valence-electron chi connectivity index (χ0n) is 8.12. The van der Waals surface area contributed by atoms with Crippen LogP contribution < -0.4 is 5.63 Å². The monoisotopic (exact) mass is 217 g/mol. The molecule has 1 aromatic heterocycles. The van der Waals surface area contributed by atoms with Crippen molar-refractivity contribution in [2.75, 3.05) is 0 Å². The third kappa shape index (κ3) is 1.70. The van der Waals surface area contributed by atoms with Crippen LogP contribution in [0.1, 0.15) is 0 Å². The lowest BCUT2D eigenvalue weighted by molar-refractivity contribution is -0.384. The molecule has 0 aliphatic carbocycles. The molecule has 0 N–H and O–H groups in total. The summed E-state index contributed by atoms with van der Waals surface area (Å²) in [5.74, 6) is 0. The van der Waals surface area contributed by atoms with E-state index in [9.17, 15) is 14.9 Å². The standard InChI is InChI=1S/C11H7NO4/c13-11-10(8-4-2-1-3-5-8)9(12(14)15)6-7-16-11/h1-7H. The first-order valence-corrected chi connectivity index (χ1v) is 4.52. The first kappa shape index (κ1) is 10.1. The molecule has 16 heavy (non-hydrogen) atoms. The van der Waals surface area contributed by atoms with Crippen molar-refractivity contribution < 1.29 is 9.34 Å². The van der Waals surface area contributed by atoms with Crippen LogP contribution in [0.2, 0.25) is 0 Å². The highest BCUT2D eigenvalue weighted by atomic mass is 16.6. The molecule has 1 aromatic carbocycles. The minimum Gasteiger partial charge on any atom is -0.430 e. The molecule has 0 fully saturated rings. The molecule has 0 amide bonds. The topological polar surface area (TPSA) is 73.3 Å². The number of rotatable bonds is 2. The predicted octanol–water partition coefficient (Wildman–Crippen LogP) is 2.21. The Hall–Kier alpha value is -2.43. The van der Waals surface area contributed by atoms with E-state index in [4.69, 9.17) is 0 Å². The van der Waals surface area contributed by atoms with Crippen molar-refractivity contribution in [2.45, 2.75) is 0 Å². The molecule has 0 aliphatic heterocycles. The first-order valence-electron chi connectivity index (χ1n) is 4.52. The second-order valence-electron chi connectivity index (χ2n) is 3.09. The smallest absolute Gasteiger partial charge is 0.350 e. The number of nitro groups is 1. The van der Waals surface area contributed by atoms with Gasteiger partial charge in [0.05, 0.1) is 11.0 Å². The van der Waals surface area contributed by atoms with Crippen molar-refractivity contribution in [3.8, 4) is 11.1 Å². The van der Waals surface area contributed by atoms with Gasteiger partial charge in [-0.1, -0.05) is 30.3 Å². The van der Waals surface area contributed by atoms with Crippen molar-refractivity contribution in [3.05, 3.63) is 63.2 Å². The summed E-state index contributed by atoms with van der Waals surface area (Å²) in [5, 5.41) is 10.8. The molecule has 0 bridgehead atoms. The Morgan fingerprint density at radius 3 is 2.44 bits per heavy atom. The van der Waals surface area contributed by atoms with E-state index in [1.807, 2.05) is 0 Å². The van der Waals surface area contributed by atoms with E-state index in [0.717, 1.165) is 6.26 Å². The van der Waals surface area contributed by atoms with Gasteiger partial charge in [-0.2, -0.15) is 0 Å². The predicted molar refractivity (Wildman–Crippen MR) is 57.1 cm³/mol. The van der Waals surface area contributed by atoms with Crippen LogP contribution in [0, 0.1) is 10.1 Å². The molecule has 0 saturated heterocycles. The third-order valence-corrected chi connectivity index (χ3v) is 2.12. The lowest BCUT2D eigenvalue weighted by atomic mass is 10.1. The maximum Gasteiger partial charge on any atom is 0.350 e. The van der Waals surface area contributed by atoms with Crippen LogP contribution >= 0.6 is 0 Å². The molecule has 0 atom stereocenters. The number of nitrogens with zero attached hydrogens (tertiary/aromatic N) is 1. The summed E-state index contributed by atoms with van der Waals surface area (Å²) in [6.07, 6.45) is 1.02. The fourth-order valence-corrected chi connectivity index (χ4v) is 1.43. The maximum atomic E-state index is 11.5. The van der Waals surface area contributed by atoms with Crippen LogP contribution in [0.3, 0.4) is 0 Å². The van der Waals surface area contributed by atoms with E-state index in [-0.39, 0.29) is 11.3 Å². The molecular weight excluding hydrogens is 210 g/mol. The van der Waals surface area contributed by atoms with Crippen LogP contribution in [0.15, 0.2) is 51.9 Å². The Balaban J connectivity index is 2.74. The SMILES string of the molecule is O=c1occc([N+](=O)[O-])c1-c1ccccc1. The van der Waals surface area contributed by atoms with Crippen LogP contribution in [-0.4, -0.2) is 4.92 Å². The Labute approximate surface area is 90.1 Å². The summed E-state index contributed by atoms with van der Waals surface area (Å²) in [6, 6.07) is 9.58. The molecule has 0 saturated carbocycles. The molecule has 0 radical (unpaired) electrons. The zero-order valence-corrected chi connectivity index (χ0v) is 8.12. The Morgan fingerprint density at radius 1 is 1.12 bits per heavy atom. The van der Waals surface area contributed by atoms with E-state index in [2.05, 4.69) is 4.42 Å². The van der Waals surface area contributed by atoms with Crippen molar-refractivity contribution in [1.29, 1.82) is 0 Å². The summed E-state index contributed by atoms with van der Waals surface area (Å²) >= 11 is 0. The lowest BCUT2D eigenvalue weighted by Gasteiger charge is -1.99. The summed E-state index contributed by atoms with van der Waals surface area (Å²) in [5.41, 5.74) is -0.500. The molecule has 80 valence electrons. The second-order valence-corrected chi connectivity index (χ2v) is 3.09. The Morgan fingerprint density at radius 2 is 1.81 bits per heavy atom. The molecule has 2 aromatic rings. The van der Waals surface area contributed by atoms with Gasteiger partial charge >= 0.3 is 5.63 Å². The normalized spacial score (nSPS) is 10.0. The number of benzene rings is 1. The average molecular weight is 217 g/mol. The van der Waals surface area contributed by atoms with Crippen LogP contribution in [0.4, 0.5) is 5.69 Å². The van der Waals surface area contributed by atoms with Gasteiger partial charge in [0.15, 0.2) is 0 Å². The average Bonchev–Trinajstić information content (AvgIpc) is 2.29. The zero-order chi connectivity index (χ0) is 11.5. The molecule has 2 rings (SSSR count). The molecule has 0 spiro atoms. The van der Waals surface area contributed by atoms with Crippen LogP contribution in [-0.2, 0) is 0 Å². The molecular formula is C11H7NO4. The molecule has 1 heterocycles. The highest BCUT2D eigenvalue weighted by Crippen LogP contribution is 2.25.